The molecule has 5 heteroatoms. The van der Waals surface area contributed by atoms with Crippen molar-refractivity contribution in [1.29, 1.82) is 0 Å². The molecule has 0 aliphatic carbocycles. The fourth-order valence-electron chi connectivity index (χ4n) is 2.22. The molecule has 0 heterocycles. The van der Waals surface area contributed by atoms with Crippen LogP contribution in [0.3, 0.4) is 0 Å². The van der Waals surface area contributed by atoms with Gasteiger partial charge in [-0.05, 0) is 43.5 Å². The molecule has 1 rings (SSSR count). The normalized spacial score (nSPS) is 12.2. The van der Waals surface area contributed by atoms with Crippen molar-refractivity contribution in [3.8, 4) is 0 Å². The number of carbonyl (C=O) groups is 1. The van der Waals surface area contributed by atoms with Crippen molar-refractivity contribution in [2.75, 3.05) is 11.9 Å². The molecule has 20 heavy (non-hydrogen) atoms. The minimum atomic E-state index is -0.516. The molecule has 0 saturated carbocycles. The second-order valence-electron chi connectivity index (χ2n) is 4.94. The number of nitrogens with two attached hydrogens (primary N) is 1. The predicted octanol–water partition coefficient (Wildman–Crippen LogP) is 3.96. The average Bonchev–Trinajstić information content (AvgIpc) is 2.40. The molecular weight excluding hydrogens is 279 g/mol. The largest absolute Gasteiger partial charge is 0.330 e. The van der Waals surface area contributed by atoms with Crippen LogP contribution in [0.5, 0.6) is 0 Å². The van der Waals surface area contributed by atoms with Crippen LogP contribution >= 0.6 is 11.6 Å². The Morgan fingerprint density at radius 1 is 1.40 bits per heavy atom. The molecule has 1 atom stereocenters. The van der Waals surface area contributed by atoms with Gasteiger partial charge in [-0.1, -0.05) is 31.4 Å². The number of halogens is 2. The van der Waals surface area contributed by atoms with E-state index in [1.54, 1.807) is 6.07 Å². The van der Waals surface area contributed by atoms with Crippen LogP contribution in [0, 0.1) is 11.7 Å². The lowest BCUT2D eigenvalue weighted by molar-refractivity contribution is -0.116. The maximum Gasteiger partial charge on any atom is 0.224 e. The Hall–Kier alpha value is -1.13. The summed E-state index contributed by atoms with van der Waals surface area (Å²) in [6, 6.07) is 4.21. The molecular formula is C15H22ClFN2O. The maximum absolute atomic E-state index is 13.5. The summed E-state index contributed by atoms with van der Waals surface area (Å²) < 4.78 is 13.5. The number of hydrogen-bond acceptors (Lipinski definition) is 2. The van der Waals surface area contributed by atoms with Gasteiger partial charge in [-0.15, -0.1) is 0 Å². The van der Waals surface area contributed by atoms with Gasteiger partial charge in [0.15, 0.2) is 0 Å². The number of carbonyl (C=O) groups excluding carboxylic acids is 1. The standard InChI is InChI=1S/C15H22ClFN2O/c1-2-3-11(8-9-18)4-7-15(20)19-14-6-5-12(16)10-13(14)17/h5-6,10-11H,2-4,7-9,18H2,1H3,(H,19,20). The van der Waals surface area contributed by atoms with E-state index >= 15 is 0 Å². The first-order chi connectivity index (χ1) is 9.56. The number of rotatable bonds is 8. The van der Waals surface area contributed by atoms with Gasteiger partial charge in [0.2, 0.25) is 5.91 Å². The van der Waals surface area contributed by atoms with E-state index in [-0.39, 0.29) is 11.6 Å². The minimum Gasteiger partial charge on any atom is -0.330 e. The molecule has 1 aromatic rings. The molecule has 0 radical (unpaired) electrons. The molecule has 0 spiro atoms. The Morgan fingerprint density at radius 2 is 2.15 bits per heavy atom. The minimum absolute atomic E-state index is 0.172. The topological polar surface area (TPSA) is 55.1 Å². The van der Waals surface area contributed by atoms with Crippen molar-refractivity contribution in [3.63, 3.8) is 0 Å². The van der Waals surface area contributed by atoms with Crippen LogP contribution < -0.4 is 11.1 Å². The summed E-state index contributed by atoms with van der Waals surface area (Å²) in [6.45, 7) is 2.75. The van der Waals surface area contributed by atoms with Gasteiger partial charge >= 0.3 is 0 Å². The zero-order valence-electron chi connectivity index (χ0n) is 11.8. The maximum atomic E-state index is 13.5. The molecule has 112 valence electrons. The summed E-state index contributed by atoms with van der Waals surface area (Å²) in [4.78, 5) is 11.8. The van der Waals surface area contributed by atoms with Crippen molar-refractivity contribution in [2.24, 2.45) is 11.7 Å². The first-order valence-corrected chi connectivity index (χ1v) is 7.39. The quantitative estimate of drug-likeness (QED) is 0.763. The van der Waals surface area contributed by atoms with E-state index in [2.05, 4.69) is 12.2 Å². The summed E-state index contributed by atoms with van der Waals surface area (Å²) in [7, 11) is 0. The van der Waals surface area contributed by atoms with Gasteiger partial charge in [-0.2, -0.15) is 0 Å². The van der Waals surface area contributed by atoms with E-state index in [0.717, 1.165) is 25.7 Å². The van der Waals surface area contributed by atoms with Gasteiger partial charge in [0.25, 0.3) is 0 Å². The molecule has 1 aromatic carbocycles. The summed E-state index contributed by atoms with van der Waals surface area (Å²) >= 11 is 5.66. The highest BCUT2D eigenvalue weighted by atomic mass is 35.5. The smallest absolute Gasteiger partial charge is 0.224 e. The van der Waals surface area contributed by atoms with Gasteiger partial charge in [0, 0.05) is 11.4 Å². The number of nitrogens with one attached hydrogen (secondary N) is 1. The Bertz CT molecular complexity index is 434. The molecule has 0 aliphatic rings. The van der Waals surface area contributed by atoms with E-state index in [0.29, 0.717) is 23.9 Å². The van der Waals surface area contributed by atoms with Crippen LogP contribution in [0.2, 0.25) is 5.02 Å². The third-order valence-corrected chi connectivity index (χ3v) is 3.49. The highest BCUT2D eigenvalue weighted by molar-refractivity contribution is 6.30. The van der Waals surface area contributed by atoms with Gasteiger partial charge in [0.05, 0.1) is 5.69 Å². The van der Waals surface area contributed by atoms with Crippen molar-refractivity contribution in [1.82, 2.24) is 0 Å². The van der Waals surface area contributed by atoms with Gasteiger partial charge < -0.3 is 11.1 Å². The molecule has 0 fully saturated rings. The first-order valence-electron chi connectivity index (χ1n) is 7.01. The molecule has 0 aromatic heterocycles. The summed E-state index contributed by atoms with van der Waals surface area (Å²) in [5.74, 6) is -0.229. The summed E-state index contributed by atoms with van der Waals surface area (Å²) in [5, 5.41) is 2.88. The van der Waals surface area contributed by atoms with Crippen LogP contribution in [-0.2, 0) is 4.79 Å². The van der Waals surface area contributed by atoms with Crippen molar-refractivity contribution < 1.29 is 9.18 Å². The van der Waals surface area contributed by atoms with Gasteiger partial charge in [0.1, 0.15) is 5.82 Å². The average molecular weight is 301 g/mol. The van der Waals surface area contributed by atoms with E-state index in [9.17, 15) is 9.18 Å². The summed E-state index contributed by atoms with van der Waals surface area (Å²) in [5.41, 5.74) is 5.73. The lowest BCUT2D eigenvalue weighted by Gasteiger charge is -2.14. The summed E-state index contributed by atoms with van der Waals surface area (Å²) in [6.07, 6.45) is 4.24. The fourth-order valence-corrected chi connectivity index (χ4v) is 2.37. The van der Waals surface area contributed by atoms with Crippen LogP contribution in [0.4, 0.5) is 10.1 Å². The molecule has 1 unspecified atom stereocenters. The molecule has 3 N–H and O–H groups in total. The molecule has 3 nitrogen and oxygen atoms in total. The van der Waals surface area contributed by atoms with E-state index in [1.165, 1.54) is 12.1 Å². The van der Waals surface area contributed by atoms with E-state index < -0.39 is 5.82 Å². The second kappa shape index (κ2) is 8.93. The van der Waals surface area contributed by atoms with Crippen LogP contribution in [-0.4, -0.2) is 12.5 Å². The number of anilines is 1. The van der Waals surface area contributed by atoms with Crippen LogP contribution in [0.15, 0.2) is 18.2 Å². The monoisotopic (exact) mass is 300 g/mol. The van der Waals surface area contributed by atoms with E-state index in [1.807, 2.05) is 0 Å². The van der Waals surface area contributed by atoms with Gasteiger partial charge in [-0.25, -0.2) is 4.39 Å². The van der Waals surface area contributed by atoms with Gasteiger partial charge in [-0.3, -0.25) is 4.79 Å². The number of benzene rings is 1. The molecule has 1 amide bonds. The van der Waals surface area contributed by atoms with E-state index in [4.69, 9.17) is 17.3 Å². The third-order valence-electron chi connectivity index (χ3n) is 3.26. The number of hydrogen-bond donors (Lipinski definition) is 2. The van der Waals surface area contributed by atoms with Crippen molar-refractivity contribution in [3.05, 3.63) is 29.0 Å². The Morgan fingerprint density at radius 3 is 2.75 bits per heavy atom. The lowest BCUT2D eigenvalue weighted by atomic mass is 9.94. The molecule has 0 bridgehead atoms. The first kappa shape index (κ1) is 16.9. The number of amides is 1. The highest BCUT2D eigenvalue weighted by Gasteiger charge is 2.12. The fraction of sp³-hybridized carbons (Fsp3) is 0.533. The zero-order chi connectivity index (χ0) is 15.0. The van der Waals surface area contributed by atoms with Crippen LogP contribution in [0.25, 0.3) is 0 Å². The zero-order valence-corrected chi connectivity index (χ0v) is 12.5. The van der Waals surface area contributed by atoms with Crippen molar-refractivity contribution in [2.45, 2.75) is 39.0 Å². The SMILES string of the molecule is CCCC(CCN)CCC(=O)Nc1ccc(Cl)cc1F. The Kier molecular flexibility index (Phi) is 7.55. The highest BCUT2D eigenvalue weighted by Crippen LogP contribution is 2.20. The molecule has 0 saturated heterocycles. The lowest BCUT2D eigenvalue weighted by Crippen LogP contribution is -2.16. The second-order valence-corrected chi connectivity index (χ2v) is 5.38. The van der Waals surface area contributed by atoms with Crippen molar-refractivity contribution >= 4 is 23.2 Å². The Balaban J connectivity index is 2.46. The Labute approximate surface area is 124 Å². The third kappa shape index (κ3) is 5.88. The van der Waals surface area contributed by atoms with Crippen LogP contribution in [0.1, 0.15) is 39.0 Å². The predicted molar refractivity (Wildman–Crippen MR) is 81.3 cm³/mol. The molecule has 0 aliphatic heterocycles.